The molecule has 4 heteroatoms. The lowest BCUT2D eigenvalue weighted by Crippen LogP contribution is -1.94. The van der Waals surface area contributed by atoms with Crippen molar-refractivity contribution in [1.29, 1.82) is 5.26 Å². The molecule has 0 unspecified atom stereocenters. The monoisotopic (exact) mass is 511 g/mol. The summed E-state index contributed by atoms with van der Waals surface area (Å²) < 4.78 is 8.57. The molecule has 0 amide bonds. The van der Waals surface area contributed by atoms with Crippen molar-refractivity contribution in [1.82, 2.24) is 9.55 Å². The SMILES string of the molecule is N#Cc1ccncc1-c1cccc(-c2cccc(-n3c4ccccc4c4cc5oc6ccccc6c5cc43)c2)c1. The van der Waals surface area contributed by atoms with Gasteiger partial charge in [-0.3, -0.25) is 4.98 Å². The summed E-state index contributed by atoms with van der Waals surface area (Å²) in [6.45, 7) is 0. The second-order valence-corrected chi connectivity index (χ2v) is 9.98. The number of para-hydroxylation sites is 2. The van der Waals surface area contributed by atoms with Crippen LogP contribution in [0.4, 0.5) is 0 Å². The van der Waals surface area contributed by atoms with Gasteiger partial charge in [-0.05, 0) is 65.2 Å². The first kappa shape index (κ1) is 22.3. The average Bonchev–Trinajstić information content (AvgIpc) is 3.55. The minimum absolute atomic E-state index is 0.615. The number of nitrogens with zero attached hydrogens (tertiary/aromatic N) is 3. The van der Waals surface area contributed by atoms with Gasteiger partial charge < -0.3 is 8.98 Å². The van der Waals surface area contributed by atoms with Gasteiger partial charge in [0.05, 0.1) is 22.7 Å². The van der Waals surface area contributed by atoms with E-state index in [1.54, 1.807) is 18.5 Å². The Morgan fingerprint density at radius 1 is 0.600 bits per heavy atom. The Bertz CT molecular complexity index is 2300. The van der Waals surface area contributed by atoms with Gasteiger partial charge in [-0.2, -0.15) is 5.26 Å². The zero-order chi connectivity index (χ0) is 26.6. The summed E-state index contributed by atoms with van der Waals surface area (Å²) in [6, 6.07) is 42.1. The Balaban J connectivity index is 1.34. The molecule has 0 aliphatic rings. The fourth-order valence-corrected chi connectivity index (χ4v) is 5.88. The summed E-state index contributed by atoms with van der Waals surface area (Å²) in [5, 5.41) is 14.2. The smallest absolute Gasteiger partial charge is 0.136 e. The van der Waals surface area contributed by atoms with Crippen LogP contribution < -0.4 is 0 Å². The van der Waals surface area contributed by atoms with Gasteiger partial charge >= 0.3 is 0 Å². The Labute approximate surface area is 230 Å². The van der Waals surface area contributed by atoms with Crippen LogP contribution in [0.5, 0.6) is 0 Å². The minimum atomic E-state index is 0.615. The van der Waals surface area contributed by atoms with Gasteiger partial charge in [-0.1, -0.05) is 66.7 Å². The van der Waals surface area contributed by atoms with E-state index in [1.165, 1.54) is 5.39 Å². The molecule has 0 bridgehead atoms. The fourth-order valence-electron chi connectivity index (χ4n) is 5.88. The summed E-state index contributed by atoms with van der Waals surface area (Å²) in [5.41, 5.74) is 9.77. The first-order chi connectivity index (χ1) is 19.8. The Hall–Kier alpha value is -5.66. The van der Waals surface area contributed by atoms with Gasteiger partial charge in [-0.15, -0.1) is 0 Å². The van der Waals surface area contributed by atoms with Crippen LogP contribution in [0.2, 0.25) is 0 Å². The van der Waals surface area contributed by atoms with E-state index in [4.69, 9.17) is 4.42 Å². The zero-order valence-corrected chi connectivity index (χ0v) is 21.4. The Kier molecular flexibility index (Phi) is 4.85. The van der Waals surface area contributed by atoms with E-state index in [2.05, 4.69) is 101 Å². The molecule has 186 valence electrons. The van der Waals surface area contributed by atoms with Crippen LogP contribution >= 0.6 is 0 Å². The number of pyridine rings is 1. The first-order valence-electron chi connectivity index (χ1n) is 13.2. The van der Waals surface area contributed by atoms with E-state index in [9.17, 15) is 5.26 Å². The van der Waals surface area contributed by atoms with Crippen LogP contribution in [0.25, 0.3) is 71.7 Å². The third-order valence-electron chi connectivity index (χ3n) is 7.72. The summed E-state index contributed by atoms with van der Waals surface area (Å²) in [5.74, 6) is 0. The lowest BCUT2D eigenvalue weighted by molar-refractivity contribution is 0.669. The van der Waals surface area contributed by atoms with Crippen molar-refractivity contribution in [3.63, 3.8) is 0 Å². The highest BCUT2D eigenvalue weighted by Gasteiger charge is 2.16. The van der Waals surface area contributed by atoms with Crippen molar-refractivity contribution >= 4 is 43.7 Å². The van der Waals surface area contributed by atoms with E-state index in [-0.39, 0.29) is 0 Å². The molecule has 40 heavy (non-hydrogen) atoms. The molecule has 0 saturated heterocycles. The third-order valence-corrected chi connectivity index (χ3v) is 7.72. The van der Waals surface area contributed by atoms with Gasteiger partial charge in [0.1, 0.15) is 11.2 Å². The minimum Gasteiger partial charge on any atom is -0.456 e. The first-order valence-corrected chi connectivity index (χ1v) is 13.2. The lowest BCUT2D eigenvalue weighted by atomic mass is 9.97. The van der Waals surface area contributed by atoms with Crippen molar-refractivity contribution in [2.45, 2.75) is 0 Å². The van der Waals surface area contributed by atoms with Crippen molar-refractivity contribution in [2.75, 3.05) is 0 Å². The van der Waals surface area contributed by atoms with Gasteiger partial charge in [0.25, 0.3) is 0 Å². The second kappa shape index (κ2) is 8.69. The number of aromatic nitrogens is 2. The van der Waals surface area contributed by atoms with Crippen molar-refractivity contribution < 1.29 is 4.42 Å². The fraction of sp³-hybridized carbons (Fsp3) is 0. The highest BCUT2D eigenvalue weighted by Crippen LogP contribution is 2.39. The van der Waals surface area contributed by atoms with Crippen LogP contribution in [-0.2, 0) is 0 Å². The molecular formula is C36H21N3O. The number of furan rings is 1. The van der Waals surface area contributed by atoms with Crippen molar-refractivity contribution in [3.05, 3.63) is 133 Å². The van der Waals surface area contributed by atoms with Crippen LogP contribution in [0, 0.1) is 11.3 Å². The van der Waals surface area contributed by atoms with Crippen LogP contribution in [0.1, 0.15) is 5.56 Å². The van der Waals surface area contributed by atoms with Gasteiger partial charge in [0.15, 0.2) is 0 Å². The molecule has 0 spiro atoms. The zero-order valence-electron chi connectivity index (χ0n) is 21.4. The molecule has 5 aromatic carbocycles. The highest BCUT2D eigenvalue weighted by atomic mass is 16.3. The molecule has 0 radical (unpaired) electrons. The molecule has 0 atom stereocenters. The average molecular weight is 512 g/mol. The Morgan fingerprint density at radius 2 is 1.38 bits per heavy atom. The van der Waals surface area contributed by atoms with Gasteiger partial charge in [-0.25, -0.2) is 0 Å². The maximum atomic E-state index is 9.61. The largest absolute Gasteiger partial charge is 0.456 e. The molecule has 0 fully saturated rings. The summed E-state index contributed by atoms with van der Waals surface area (Å²) >= 11 is 0. The number of nitriles is 1. The van der Waals surface area contributed by atoms with Crippen LogP contribution in [0.3, 0.4) is 0 Å². The molecule has 8 aromatic rings. The molecule has 0 saturated carbocycles. The maximum Gasteiger partial charge on any atom is 0.136 e. The number of hydrogen-bond acceptors (Lipinski definition) is 3. The lowest BCUT2D eigenvalue weighted by Gasteiger charge is -2.11. The molecule has 3 aromatic heterocycles. The van der Waals surface area contributed by atoms with Crippen LogP contribution in [0.15, 0.2) is 132 Å². The molecule has 0 aliphatic heterocycles. The molecule has 8 rings (SSSR count). The Morgan fingerprint density at radius 3 is 2.27 bits per heavy atom. The van der Waals surface area contributed by atoms with E-state index in [0.717, 1.165) is 66.3 Å². The van der Waals surface area contributed by atoms with Gasteiger partial charge in [0, 0.05) is 45.2 Å². The van der Waals surface area contributed by atoms with Gasteiger partial charge in [0.2, 0.25) is 0 Å². The van der Waals surface area contributed by atoms with E-state index in [1.807, 2.05) is 24.3 Å². The molecule has 0 N–H and O–H groups in total. The summed E-state index contributed by atoms with van der Waals surface area (Å²) in [6.07, 6.45) is 3.41. The predicted octanol–water partition coefficient (Wildman–Crippen LogP) is 9.28. The van der Waals surface area contributed by atoms with Crippen LogP contribution in [-0.4, -0.2) is 9.55 Å². The van der Waals surface area contributed by atoms with Crippen molar-refractivity contribution in [2.24, 2.45) is 0 Å². The second-order valence-electron chi connectivity index (χ2n) is 9.98. The maximum absolute atomic E-state index is 9.61. The molecule has 0 aliphatic carbocycles. The summed E-state index contributed by atoms with van der Waals surface area (Å²) in [4.78, 5) is 4.25. The van der Waals surface area contributed by atoms with Crippen molar-refractivity contribution in [3.8, 4) is 34.0 Å². The van der Waals surface area contributed by atoms with E-state index < -0.39 is 0 Å². The number of fused-ring (bicyclic) bond motifs is 6. The van der Waals surface area contributed by atoms with E-state index >= 15 is 0 Å². The summed E-state index contributed by atoms with van der Waals surface area (Å²) in [7, 11) is 0. The number of rotatable bonds is 3. The van der Waals surface area contributed by atoms with E-state index in [0.29, 0.717) is 5.56 Å². The standard InChI is InChI=1S/C36H21N3O/c37-21-26-15-16-38-22-32(26)25-9-5-7-23(17-25)24-8-6-10-27(18-24)39-33-13-3-1-11-28(33)30-20-36-31(19-34(30)39)29-12-2-4-14-35(29)40-36/h1-20,22H. The number of benzene rings is 5. The number of hydrogen-bond donors (Lipinski definition) is 0. The molecule has 4 nitrogen and oxygen atoms in total. The predicted molar refractivity (Wildman–Crippen MR) is 161 cm³/mol. The topological polar surface area (TPSA) is 54.8 Å². The third kappa shape index (κ3) is 3.35. The molecule has 3 heterocycles. The quantitative estimate of drug-likeness (QED) is 0.237. The molecular weight excluding hydrogens is 490 g/mol. The highest BCUT2D eigenvalue weighted by molar-refractivity contribution is 6.17. The normalized spacial score (nSPS) is 11.5.